The summed E-state index contributed by atoms with van der Waals surface area (Å²) < 4.78 is 29.6. The van der Waals surface area contributed by atoms with E-state index in [2.05, 4.69) is 0 Å². The van der Waals surface area contributed by atoms with Crippen molar-refractivity contribution in [1.29, 1.82) is 0 Å². The normalized spacial score (nSPS) is 10.4. The first-order valence-corrected chi connectivity index (χ1v) is 7.18. The molecule has 0 saturated heterocycles. The Morgan fingerprint density at radius 1 is 1.05 bits per heavy atom. The van der Waals surface area contributed by atoms with Gasteiger partial charge in [0.15, 0.2) is 0 Å². The van der Waals surface area contributed by atoms with Gasteiger partial charge in [-0.05, 0) is 31.2 Å². The van der Waals surface area contributed by atoms with Crippen LogP contribution in [0.2, 0.25) is 0 Å². The number of hydrogen-bond acceptors (Lipinski definition) is 5. The van der Waals surface area contributed by atoms with Crippen molar-refractivity contribution in [2.75, 3.05) is 5.73 Å². The van der Waals surface area contributed by atoms with Gasteiger partial charge in [-0.25, -0.2) is 0 Å². The van der Waals surface area contributed by atoms with E-state index >= 15 is 0 Å². The Hall–Kier alpha value is -2.45. The molecule has 0 aromatic heterocycles. The van der Waals surface area contributed by atoms with Crippen LogP contribution in [-0.2, 0) is 10.1 Å². The summed E-state index contributed by atoms with van der Waals surface area (Å²) in [4.78, 5) is 9.55. The van der Waals surface area contributed by atoms with Crippen LogP contribution < -0.4 is 5.73 Å². The number of nitro groups is 1. The van der Waals surface area contributed by atoms with E-state index in [0.29, 0.717) is 5.69 Å². The first-order chi connectivity index (χ1) is 9.70. The van der Waals surface area contributed by atoms with Crippen LogP contribution in [0.3, 0.4) is 0 Å². The van der Waals surface area contributed by atoms with Gasteiger partial charge in [-0.3, -0.25) is 14.7 Å². The maximum Gasteiger partial charge on any atom is 0.294 e. The second-order valence-corrected chi connectivity index (χ2v) is 5.56. The quantitative estimate of drug-likeness (QED) is 0.380. The fraction of sp³-hybridized carbons (Fsp3) is 0.0769. The third-order valence-electron chi connectivity index (χ3n) is 2.42. The van der Waals surface area contributed by atoms with Crippen LogP contribution in [0.1, 0.15) is 5.56 Å². The molecular weight excluding hydrogens is 296 g/mol. The van der Waals surface area contributed by atoms with Crippen LogP contribution in [0.25, 0.3) is 0 Å². The lowest BCUT2D eigenvalue weighted by atomic mass is 10.2. The molecule has 2 aromatic carbocycles. The number of benzene rings is 2. The molecular formula is C13H14N2O5S. The summed E-state index contributed by atoms with van der Waals surface area (Å²) in [6.45, 7) is 1.84. The molecule has 3 N–H and O–H groups in total. The smallest absolute Gasteiger partial charge is 0.294 e. The minimum absolute atomic E-state index is 0.0641. The highest BCUT2D eigenvalue weighted by molar-refractivity contribution is 7.85. The molecule has 0 saturated carbocycles. The number of hydrogen-bond donors (Lipinski definition) is 2. The average Bonchev–Trinajstić information content (AvgIpc) is 2.39. The summed E-state index contributed by atoms with van der Waals surface area (Å²) in [7, 11) is -4.02. The largest absolute Gasteiger partial charge is 0.399 e. The van der Waals surface area contributed by atoms with Crippen LogP contribution in [-0.4, -0.2) is 17.9 Å². The van der Waals surface area contributed by atoms with E-state index in [1.807, 2.05) is 6.92 Å². The first kappa shape index (κ1) is 16.6. The highest BCUT2D eigenvalue weighted by atomic mass is 32.2. The highest BCUT2D eigenvalue weighted by Gasteiger charge is 2.06. The van der Waals surface area contributed by atoms with Crippen LogP contribution >= 0.6 is 0 Å². The highest BCUT2D eigenvalue weighted by Crippen LogP contribution is 2.12. The van der Waals surface area contributed by atoms with Gasteiger partial charge >= 0.3 is 0 Å². The molecule has 112 valence electrons. The second kappa shape index (κ2) is 6.82. The van der Waals surface area contributed by atoms with Crippen LogP contribution in [0, 0.1) is 17.0 Å². The summed E-state index contributed by atoms with van der Waals surface area (Å²) in [6.07, 6.45) is 0. The van der Waals surface area contributed by atoms with Crippen molar-refractivity contribution in [3.63, 3.8) is 0 Å². The fourth-order valence-corrected chi connectivity index (χ4v) is 1.79. The minimum atomic E-state index is -4.02. The van der Waals surface area contributed by atoms with E-state index < -0.39 is 15.0 Å². The molecule has 0 aliphatic heterocycles. The van der Waals surface area contributed by atoms with Gasteiger partial charge in [-0.15, -0.1) is 0 Å². The monoisotopic (exact) mass is 310 g/mol. The van der Waals surface area contributed by atoms with E-state index in [-0.39, 0.29) is 10.6 Å². The molecule has 2 aromatic rings. The molecule has 0 aliphatic carbocycles. The average molecular weight is 310 g/mol. The first-order valence-electron chi connectivity index (χ1n) is 5.74. The van der Waals surface area contributed by atoms with Crippen LogP contribution in [0.15, 0.2) is 53.4 Å². The number of rotatable bonds is 2. The van der Waals surface area contributed by atoms with Crippen molar-refractivity contribution in [3.8, 4) is 0 Å². The molecule has 21 heavy (non-hydrogen) atoms. The molecule has 0 fully saturated rings. The fourth-order valence-electron chi connectivity index (χ4n) is 1.31. The Kier molecular flexibility index (Phi) is 5.39. The predicted molar refractivity (Wildman–Crippen MR) is 78.5 cm³/mol. The van der Waals surface area contributed by atoms with Crippen LogP contribution in [0.4, 0.5) is 11.4 Å². The lowest BCUT2D eigenvalue weighted by Gasteiger charge is -1.95. The summed E-state index contributed by atoms with van der Waals surface area (Å²) >= 11 is 0. The zero-order valence-electron chi connectivity index (χ0n) is 11.1. The number of nitrogens with two attached hydrogens (primary N) is 1. The van der Waals surface area contributed by atoms with Crippen molar-refractivity contribution in [1.82, 2.24) is 0 Å². The lowest BCUT2D eigenvalue weighted by Crippen LogP contribution is -1.96. The van der Waals surface area contributed by atoms with Gasteiger partial charge < -0.3 is 5.73 Å². The Morgan fingerprint density at radius 3 is 1.90 bits per heavy atom. The molecule has 0 radical (unpaired) electrons. The van der Waals surface area contributed by atoms with E-state index in [1.54, 1.807) is 12.1 Å². The third kappa shape index (κ3) is 5.59. The van der Waals surface area contributed by atoms with E-state index in [9.17, 15) is 18.5 Å². The molecule has 0 bridgehead atoms. The molecule has 8 heteroatoms. The van der Waals surface area contributed by atoms with Gasteiger partial charge in [0, 0.05) is 17.8 Å². The van der Waals surface area contributed by atoms with Crippen molar-refractivity contribution in [2.24, 2.45) is 0 Å². The molecule has 0 aliphatic rings. The van der Waals surface area contributed by atoms with Gasteiger partial charge in [0.1, 0.15) is 0 Å². The molecule has 0 unspecified atom stereocenters. The SMILES string of the molecule is Cc1ccc(S(=O)(=O)O)cc1.Nc1ccc([N+](=O)[O-])cc1. The van der Waals surface area contributed by atoms with Crippen molar-refractivity contribution in [2.45, 2.75) is 11.8 Å². The Bertz CT molecular complexity index is 709. The van der Waals surface area contributed by atoms with Crippen LogP contribution in [0.5, 0.6) is 0 Å². The molecule has 7 nitrogen and oxygen atoms in total. The van der Waals surface area contributed by atoms with E-state index in [4.69, 9.17) is 10.3 Å². The molecule has 0 heterocycles. The molecule has 0 atom stereocenters. The van der Waals surface area contributed by atoms with Crippen molar-refractivity contribution in [3.05, 3.63) is 64.2 Å². The van der Waals surface area contributed by atoms with E-state index in [1.165, 1.54) is 36.4 Å². The summed E-state index contributed by atoms with van der Waals surface area (Å²) in [5.41, 5.74) is 6.86. The number of nitrogens with zero attached hydrogens (tertiary/aromatic N) is 1. The standard InChI is InChI=1S/C7H8O3S.C6H6N2O2/c1-6-2-4-7(5-3-6)11(8,9)10;7-5-1-3-6(4-2-5)8(9)10/h2-5H,1H3,(H,8,9,10);1-4H,7H2. The Balaban J connectivity index is 0.000000211. The summed E-state index contributed by atoms with van der Waals surface area (Å²) in [5, 5.41) is 10.1. The van der Waals surface area contributed by atoms with Crippen molar-refractivity contribution < 1.29 is 17.9 Å². The third-order valence-corrected chi connectivity index (χ3v) is 3.29. The lowest BCUT2D eigenvalue weighted by molar-refractivity contribution is -0.384. The Labute approximate surface area is 121 Å². The van der Waals surface area contributed by atoms with Crippen molar-refractivity contribution >= 4 is 21.5 Å². The summed E-state index contributed by atoms with van der Waals surface area (Å²) in [5.74, 6) is 0. The molecule has 0 spiro atoms. The summed E-state index contributed by atoms with van der Waals surface area (Å²) in [6, 6.07) is 11.7. The Morgan fingerprint density at radius 2 is 1.52 bits per heavy atom. The maximum atomic E-state index is 10.5. The molecule has 2 rings (SSSR count). The van der Waals surface area contributed by atoms with Gasteiger partial charge in [0.05, 0.1) is 9.82 Å². The maximum absolute atomic E-state index is 10.5. The van der Waals surface area contributed by atoms with E-state index in [0.717, 1.165) is 5.56 Å². The minimum Gasteiger partial charge on any atom is -0.399 e. The predicted octanol–water partition coefficient (Wildman–Crippen LogP) is 2.42. The number of nitrogen functional groups attached to an aromatic ring is 1. The second-order valence-electron chi connectivity index (χ2n) is 4.14. The number of nitro benzene ring substituents is 1. The number of anilines is 1. The van der Waals surface area contributed by atoms with Gasteiger partial charge in [-0.1, -0.05) is 17.7 Å². The van der Waals surface area contributed by atoms with Gasteiger partial charge in [0.25, 0.3) is 15.8 Å². The molecule has 0 amide bonds. The number of non-ortho nitro benzene ring substituents is 1. The van der Waals surface area contributed by atoms with Gasteiger partial charge in [-0.2, -0.15) is 8.42 Å². The topological polar surface area (TPSA) is 124 Å². The zero-order chi connectivity index (χ0) is 16.0. The van der Waals surface area contributed by atoms with Gasteiger partial charge in [0.2, 0.25) is 0 Å². The number of aryl methyl sites for hydroxylation is 1. The zero-order valence-corrected chi connectivity index (χ0v) is 11.9.